The first-order valence-corrected chi connectivity index (χ1v) is 7.66. The highest BCUT2D eigenvalue weighted by atomic mass is 16.5. The van der Waals surface area contributed by atoms with Gasteiger partial charge < -0.3 is 9.64 Å². The fraction of sp³-hybridized carbons (Fsp3) is 0.867. The second kappa shape index (κ2) is 8.94. The molecule has 1 rings (SSSR count). The number of likely N-dealkylation sites (tertiary alicyclic amines) is 1. The zero-order chi connectivity index (χ0) is 14.1. The first-order valence-electron chi connectivity index (χ1n) is 7.66. The highest BCUT2D eigenvalue weighted by molar-refractivity contribution is 5.85. The molecule has 4 nitrogen and oxygen atoms in total. The van der Waals surface area contributed by atoms with E-state index in [0.717, 1.165) is 25.7 Å². The normalized spacial score (nSPS) is 18.6. The second-order valence-electron chi connectivity index (χ2n) is 5.16. The van der Waals surface area contributed by atoms with Crippen LogP contribution >= 0.6 is 0 Å². The minimum Gasteiger partial charge on any atom is -0.464 e. The second-order valence-corrected chi connectivity index (χ2v) is 5.16. The molecule has 0 saturated carbocycles. The van der Waals surface area contributed by atoms with Gasteiger partial charge in [0.25, 0.3) is 0 Å². The summed E-state index contributed by atoms with van der Waals surface area (Å²) in [4.78, 5) is 25.6. The van der Waals surface area contributed by atoms with Crippen molar-refractivity contribution in [1.29, 1.82) is 0 Å². The number of hydrogen-bond donors (Lipinski definition) is 0. The van der Waals surface area contributed by atoms with E-state index in [0.29, 0.717) is 19.6 Å². The van der Waals surface area contributed by atoms with Crippen molar-refractivity contribution in [3.63, 3.8) is 0 Å². The van der Waals surface area contributed by atoms with Crippen LogP contribution in [0.5, 0.6) is 0 Å². The Morgan fingerprint density at radius 1 is 1.16 bits per heavy atom. The zero-order valence-corrected chi connectivity index (χ0v) is 12.3. The maximum atomic E-state index is 12.1. The van der Waals surface area contributed by atoms with E-state index in [1.54, 1.807) is 11.8 Å². The number of hydrogen-bond acceptors (Lipinski definition) is 3. The molecule has 0 bridgehead atoms. The van der Waals surface area contributed by atoms with Crippen molar-refractivity contribution in [2.75, 3.05) is 13.2 Å². The Kier molecular flexibility index (Phi) is 7.53. The molecule has 1 aliphatic heterocycles. The van der Waals surface area contributed by atoms with Crippen LogP contribution in [-0.2, 0) is 14.3 Å². The number of nitrogens with zero attached hydrogens (tertiary/aromatic N) is 1. The first-order chi connectivity index (χ1) is 9.20. The molecule has 0 aromatic heterocycles. The number of amides is 1. The van der Waals surface area contributed by atoms with Gasteiger partial charge in [0, 0.05) is 13.0 Å². The molecule has 1 amide bonds. The zero-order valence-electron chi connectivity index (χ0n) is 12.3. The third kappa shape index (κ3) is 5.21. The van der Waals surface area contributed by atoms with Gasteiger partial charge in [-0.3, -0.25) is 4.79 Å². The number of esters is 1. The van der Waals surface area contributed by atoms with Crippen molar-refractivity contribution in [3.8, 4) is 0 Å². The summed E-state index contributed by atoms with van der Waals surface area (Å²) in [6.45, 7) is 5.07. The predicted octanol–water partition coefficient (Wildman–Crippen LogP) is 2.90. The number of carbonyl (C=O) groups excluding carboxylic acids is 2. The van der Waals surface area contributed by atoms with Gasteiger partial charge in [0.2, 0.25) is 5.91 Å². The Morgan fingerprint density at radius 3 is 2.58 bits per heavy atom. The van der Waals surface area contributed by atoms with Crippen LogP contribution in [0.15, 0.2) is 0 Å². The van der Waals surface area contributed by atoms with Crippen molar-refractivity contribution in [2.45, 2.75) is 71.3 Å². The Balaban J connectivity index is 2.31. The van der Waals surface area contributed by atoms with Gasteiger partial charge in [-0.05, 0) is 26.2 Å². The van der Waals surface area contributed by atoms with Gasteiger partial charge in [-0.25, -0.2) is 4.79 Å². The van der Waals surface area contributed by atoms with Crippen LogP contribution in [0.3, 0.4) is 0 Å². The average molecular weight is 269 g/mol. The number of carbonyl (C=O) groups is 2. The summed E-state index contributed by atoms with van der Waals surface area (Å²) in [5.41, 5.74) is 0. The summed E-state index contributed by atoms with van der Waals surface area (Å²) in [5, 5.41) is 0. The fourth-order valence-electron chi connectivity index (χ4n) is 2.57. The Hall–Kier alpha value is -1.06. The minimum absolute atomic E-state index is 0.118. The molecule has 0 aromatic carbocycles. The van der Waals surface area contributed by atoms with Crippen LogP contribution in [0.25, 0.3) is 0 Å². The van der Waals surface area contributed by atoms with Gasteiger partial charge >= 0.3 is 5.97 Å². The smallest absolute Gasteiger partial charge is 0.328 e. The molecular weight excluding hydrogens is 242 g/mol. The van der Waals surface area contributed by atoms with E-state index < -0.39 is 0 Å². The van der Waals surface area contributed by atoms with E-state index >= 15 is 0 Å². The summed E-state index contributed by atoms with van der Waals surface area (Å²) in [7, 11) is 0. The van der Waals surface area contributed by atoms with Gasteiger partial charge in [0.05, 0.1) is 6.61 Å². The fourth-order valence-corrected chi connectivity index (χ4v) is 2.57. The molecule has 0 aliphatic carbocycles. The molecule has 110 valence electrons. The number of ether oxygens (including phenoxy) is 1. The van der Waals surface area contributed by atoms with Crippen LogP contribution in [0.2, 0.25) is 0 Å². The molecule has 1 unspecified atom stereocenters. The van der Waals surface area contributed by atoms with E-state index in [2.05, 4.69) is 6.92 Å². The predicted molar refractivity (Wildman–Crippen MR) is 74.7 cm³/mol. The third-order valence-electron chi connectivity index (χ3n) is 3.63. The maximum absolute atomic E-state index is 12.1. The lowest BCUT2D eigenvalue weighted by atomic mass is 10.1. The van der Waals surface area contributed by atoms with Crippen molar-refractivity contribution >= 4 is 11.9 Å². The van der Waals surface area contributed by atoms with E-state index in [-0.39, 0.29) is 17.9 Å². The molecule has 1 aliphatic rings. The van der Waals surface area contributed by atoms with Crippen LogP contribution < -0.4 is 0 Å². The van der Waals surface area contributed by atoms with Crippen LogP contribution in [0.1, 0.15) is 65.2 Å². The molecular formula is C15H27NO3. The van der Waals surface area contributed by atoms with Crippen molar-refractivity contribution < 1.29 is 14.3 Å². The molecule has 4 heteroatoms. The van der Waals surface area contributed by atoms with Crippen LogP contribution in [-0.4, -0.2) is 36.0 Å². The molecule has 1 heterocycles. The van der Waals surface area contributed by atoms with Gasteiger partial charge in [-0.15, -0.1) is 0 Å². The number of unbranched alkanes of at least 4 members (excludes halogenated alkanes) is 4. The molecule has 0 spiro atoms. The Bertz CT molecular complexity index is 291. The quantitative estimate of drug-likeness (QED) is 0.503. The van der Waals surface area contributed by atoms with E-state index in [1.807, 2.05) is 0 Å². The van der Waals surface area contributed by atoms with Crippen molar-refractivity contribution in [2.24, 2.45) is 0 Å². The summed E-state index contributed by atoms with van der Waals surface area (Å²) in [6, 6.07) is -0.330. The van der Waals surface area contributed by atoms with Gasteiger partial charge in [0.15, 0.2) is 0 Å². The van der Waals surface area contributed by atoms with Crippen LogP contribution in [0.4, 0.5) is 0 Å². The molecule has 0 aromatic rings. The van der Waals surface area contributed by atoms with Gasteiger partial charge in [-0.2, -0.15) is 0 Å². The topological polar surface area (TPSA) is 46.6 Å². The summed E-state index contributed by atoms with van der Waals surface area (Å²) in [5.74, 6) is -0.119. The summed E-state index contributed by atoms with van der Waals surface area (Å²) < 4.78 is 5.03. The highest BCUT2D eigenvalue weighted by Gasteiger charge is 2.34. The standard InChI is InChI=1S/C15H27NO3/c1-3-5-6-7-8-11-14(17)16-12-9-10-13(16)15(18)19-4-2/h13H,3-12H2,1-2H3. The molecule has 1 fully saturated rings. The third-order valence-corrected chi connectivity index (χ3v) is 3.63. The maximum Gasteiger partial charge on any atom is 0.328 e. The lowest BCUT2D eigenvalue weighted by Crippen LogP contribution is -2.41. The highest BCUT2D eigenvalue weighted by Crippen LogP contribution is 2.20. The first kappa shape index (κ1) is 16.0. The van der Waals surface area contributed by atoms with Gasteiger partial charge in [0.1, 0.15) is 6.04 Å². The van der Waals surface area contributed by atoms with E-state index in [4.69, 9.17) is 4.74 Å². The van der Waals surface area contributed by atoms with Gasteiger partial charge in [-0.1, -0.05) is 32.6 Å². The number of rotatable bonds is 8. The molecule has 0 N–H and O–H groups in total. The van der Waals surface area contributed by atoms with Crippen molar-refractivity contribution in [1.82, 2.24) is 4.90 Å². The lowest BCUT2D eigenvalue weighted by Gasteiger charge is -2.23. The van der Waals surface area contributed by atoms with Crippen LogP contribution in [0, 0.1) is 0 Å². The largest absolute Gasteiger partial charge is 0.464 e. The van der Waals surface area contributed by atoms with Crippen molar-refractivity contribution in [3.05, 3.63) is 0 Å². The monoisotopic (exact) mass is 269 g/mol. The average Bonchev–Trinajstić information content (AvgIpc) is 2.88. The Labute approximate surface area is 116 Å². The molecule has 19 heavy (non-hydrogen) atoms. The summed E-state index contributed by atoms with van der Waals surface area (Å²) in [6.07, 6.45) is 7.92. The SMILES string of the molecule is CCCCCCCC(=O)N1CCCC1C(=O)OCC. The minimum atomic E-state index is -0.330. The summed E-state index contributed by atoms with van der Waals surface area (Å²) >= 11 is 0. The molecule has 1 saturated heterocycles. The Morgan fingerprint density at radius 2 is 1.89 bits per heavy atom. The molecule has 0 radical (unpaired) electrons. The lowest BCUT2D eigenvalue weighted by molar-refractivity contribution is -0.153. The van der Waals surface area contributed by atoms with E-state index in [1.165, 1.54) is 19.3 Å². The van der Waals surface area contributed by atoms with E-state index in [9.17, 15) is 9.59 Å². The molecule has 1 atom stereocenters.